The van der Waals surface area contributed by atoms with E-state index in [1.807, 2.05) is 12.1 Å². The Balaban J connectivity index is 1.67. The molecule has 1 N–H and O–H groups in total. The van der Waals surface area contributed by atoms with Crippen LogP contribution in [0, 0.1) is 5.92 Å². The van der Waals surface area contributed by atoms with Gasteiger partial charge in [-0.3, -0.25) is 4.79 Å². The second-order valence-electron chi connectivity index (χ2n) is 5.25. The molecule has 2 aliphatic rings. The minimum atomic E-state index is 0.0593. The van der Waals surface area contributed by atoms with Gasteiger partial charge in [0.2, 0.25) is 0 Å². The van der Waals surface area contributed by atoms with E-state index in [0.717, 1.165) is 38.3 Å². The first kappa shape index (κ1) is 11.7. The Morgan fingerprint density at radius 2 is 2.06 bits per heavy atom. The molecule has 96 valence electrons. The molecule has 1 fully saturated rings. The Bertz CT molecular complexity index is 438. The molecule has 0 bridgehead atoms. The average molecular weight is 245 g/mol. The maximum atomic E-state index is 12.4. The van der Waals surface area contributed by atoms with Crippen molar-refractivity contribution in [1.82, 2.24) is 0 Å². The van der Waals surface area contributed by atoms with Crippen LogP contribution in [0.5, 0.6) is 0 Å². The number of rotatable bonds is 3. The molecule has 0 radical (unpaired) electrons. The molecule has 3 nitrogen and oxygen atoms in total. The highest BCUT2D eigenvalue weighted by Crippen LogP contribution is 2.33. The van der Waals surface area contributed by atoms with E-state index in [0.29, 0.717) is 18.1 Å². The van der Waals surface area contributed by atoms with Gasteiger partial charge >= 0.3 is 0 Å². The van der Waals surface area contributed by atoms with Gasteiger partial charge in [-0.15, -0.1) is 0 Å². The molecular formula is C15H19NO2. The lowest BCUT2D eigenvalue weighted by atomic mass is 9.87. The van der Waals surface area contributed by atoms with Crippen molar-refractivity contribution >= 4 is 11.5 Å². The van der Waals surface area contributed by atoms with E-state index in [1.165, 1.54) is 5.56 Å². The highest BCUT2D eigenvalue weighted by molar-refractivity contribution is 5.90. The number of hydrogen-bond donors (Lipinski definition) is 1. The predicted octanol–water partition coefficient (Wildman–Crippen LogP) is 2.58. The van der Waals surface area contributed by atoms with E-state index in [4.69, 9.17) is 4.74 Å². The summed E-state index contributed by atoms with van der Waals surface area (Å²) in [5, 5.41) is 3.32. The van der Waals surface area contributed by atoms with Gasteiger partial charge < -0.3 is 10.1 Å². The van der Waals surface area contributed by atoms with Crippen LogP contribution in [0.1, 0.15) is 30.7 Å². The van der Waals surface area contributed by atoms with E-state index < -0.39 is 0 Å². The van der Waals surface area contributed by atoms with Gasteiger partial charge in [0.1, 0.15) is 5.78 Å². The minimum absolute atomic E-state index is 0.0593. The van der Waals surface area contributed by atoms with Crippen LogP contribution in [0.25, 0.3) is 0 Å². The first-order valence-electron chi connectivity index (χ1n) is 6.78. The molecule has 0 saturated carbocycles. The number of fused-ring (bicyclic) bond motifs is 1. The van der Waals surface area contributed by atoms with Crippen LogP contribution in [0.3, 0.4) is 0 Å². The molecule has 1 unspecified atom stereocenters. The zero-order valence-corrected chi connectivity index (χ0v) is 10.5. The lowest BCUT2D eigenvalue weighted by molar-refractivity contribution is -0.121. The number of nitrogens with one attached hydrogen (secondary N) is 1. The molecule has 1 aromatic rings. The lowest BCUT2D eigenvalue weighted by Gasteiger charge is -2.22. The summed E-state index contributed by atoms with van der Waals surface area (Å²) >= 11 is 0. The van der Waals surface area contributed by atoms with Gasteiger partial charge in [0.05, 0.1) is 5.92 Å². The van der Waals surface area contributed by atoms with Crippen molar-refractivity contribution < 1.29 is 9.53 Å². The van der Waals surface area contributed by atoms with Crippen molar-refractivity contribution in [2.75, 3.05) is 25.1 Å². The molecular weight excluding hydrogens is 226 g/mol. The van der Waals surface area contributed by atoms with E-state index in [-0.39, 0.29) is 5.92 Å². The first-order chi connectivity index (χ1) is 8.84. The second kappa shape index (κ2) is 5.11. The van der Waals surface area contributed by atoms with Gasteiger partial charge in [-0.1, -0.05) is 18.2 Å². The normalized spacial score (nSPS) is 23.4. The zero-order valence-electron chi connectivity index (χ0n) is 10.5. The van der Waals surface area contributed by atoms with Crippen LogP contribution in [0.2, 0.25) is 0 Å². The highest BCUT2D eigenvalue weighted by atomic mass is 16.5. The summed E-state index contributed by atoms with van der Waals surface area (Å²) in [6, 6.07) is 8.15. The number of anilines is 1. The summed E-state index contributed by atoms with van der Waals surface area (Å²) in [7, 11) is 0. The summed E-state index contributed by atoms with van der Waals surface area (Å²) in [6.07, 6.45) is 2.78. The highest BCUT2D eigenvalue weighted by Gasteiger charge is 2.29. The van der Waals surface area contributed by atoms with Crippen molar-refractivity contribution in [3.63, 3.8) is 0 Å². The van der Waals surface area contributed by atoms with Crippen molar-refractivity contribution in [1.29, 1.82) is 0 Å². The first-order valence-corrected chi connectivity index (χ1v) is 6.78. The number of para-hydroxylation sites is 1. The van der Waals surface area contributed by atoms with Crippen molar-refractivity contribution in [3.8, 4) is 0 Å². The summed E-state index contributed by atoms with van der Waals surface area (Å²) < 4.78 is 5.34. The molecule has 0 aliphatic carbocycles. The molecule has 0 aromatic heterocycles. The summed E-state index contributed by atoms with van der Waals surface area (Å²) in [5.74, 6) is 0.974. The minimum Gasteiger partial charge on any atom is -0.384 e. The number of Topliss-reactive ketones (excluding diaryl/α,β-unsaturated/α-hetero) is 1. The second-order valence-corrected chi connectivity index (χ2v) is 5.25. The third kappa shape index (κ3) is 2.27. The maximum absolute atomic E-state index is 12.4. The zero-order chi connectivity index (χ0) is 12.4. The van der Waals surface area contributed by atoms with Gasteiger partial charge in [0.15, 0.2) is 0 Å². The Kier molecular flexibility index (Phi) is 3.33. The van der Waals surface area contributed by atoms with Crippen LogP contribution >= 0.6 is 0 Å². The van der Waals surface area contributed by atoms with Crippen molar-refractivity contribution in [2.24, 2.45) is 5.92 Å². The molecule has 0 spiro atoms. The van der Waals surface area contributed by atoms with Crippen LogP contribution < -0.4 is 5.32 Å². The Labute approximate surface area is 108 Å². The fraction of sp³-hybridized carbons (Fsp3) is 0.533. The molecule has 1 saturated heterocycles. The molecule has 3 heteroatoms. The molecule has 2 aliphatic heterocycles. The maximum Gasteiger partial charge on any atom is 0.142 e. The van der Waals surface area contributed by atoms with Crippen molar-refractivity contribution in [2.45, 2.75) is 25.2 Å². The average Bonchev–Trinajstić information content (AvgIpc) is 2.84. The molecule has 1 aromatic carbocycles. The lowest BCUT2D eigenvalue weighted by Crippen LogP contribution is -2.22. The largest absolute Gasteiger partial charge is 0.384 e. The van der Waals surface area contributed by atoms with Gasteiger partial charge in [0, 0.05) is 31.9 Å². The van der Waals surface area contributed by atoms with E-state index in [9.17, 15) is 4.79 Å². The van der Waals surface area contributed by atoms with Crippen LogP contribution in [-0.4, -0.2) is 25.5 Å². The smallest absolute Gasteiger partial charge is 0.142 e. The van der Waals surface area contributed by atoms with E-state index in [2.05, 4.69) is 17.4 Å². The summed E-state index contributed by atoms with van der Waals surface area (Å²) in [4.78, 5) is 12.4. The SMILES string of the molecule is O=C(CC1CCOCC1)C1CNc2ccccc21. The molecule has 2 heterocycles. The van der Waals surface area contributed by atoms with Gasteiger partial charge in [0.25, 0.3) is 0 Å². The van der Waals surface area contributed by atoms with Crippen LogP contribution in [0.4, 0.5) is 5.69 Å². The Morgan fingerprint density at radius 3 is 2.89 bits per heavy atom. The van der Waals surface area contributed by atoms with Gasteiger partial charge in [-0.25, -0.2) is 0 Å². The number of carbonyl (C=O) groups is 1. The van der Waals surface area contributed by atoms with E-state index >= 15 is 0 Å². The van der Waals surface area contributed by atoms with Gasteiger partial charge in [-0.05, 0) is 30.4 Å². The van der Waals surface area contributed by atoms with Crippen LogP contribution in [0.15, 0.2) is 24.3 Å². The predicted molar refractivity (Wildman–Crippen MR) is 70.8 cm³/mol. The third-order valence-electron chi connectivity index (χ3n) is 4.05. The Hall–Kier alpha value is -1.35. The fourth-order valence-corrected chi connectivity index (χ4v) is 2.95. The number of benzene rings is 1. The Morgan fingerprint density at radius 1 is 1.28 bits per heavy atom. The number of hydrogen-bond acceptors (Lipinski definition) is 3. The number of ketones is 1. The summed E-state index contributed by atoms with van der Waals surface area (Å²) in [6.45, 7) is 2.40. The standard InChI is InChI=1S/C15H19NO2/c17-15(9-11-5-7-18-8-6-11)13-10-16-14-4-2-1-3-12(13)14/h1-4,11,13,16H,5-10H2. The monoisotopic (exact) mass is 245 g/mol. The number of ether oxygens (including phenoxy) is 1. The summed E-state index contributed by atoms with van der Waals surface area (Å²) in [5.41, 5.74) is 2.30. The fourth-order valence-electron chi connectivity index (χ4n) is 2.95. The molecule has 1 atom stereocenters. The van der Waals surface area contributed by atoms with E-state index in [1.54, 1.807) is 0 Å². The molecule has 0 amide bonds. The molecule has 18 heavy (non-hydrogen) atoms. The quantitative estimate of drug-likeness (QED) is 0.889. The van der Waals surface area contributed by atoms with Crippen molar-refractivity contribution in [3.05, 3.63) is 29.8 Å². The third-order valence-corrected chi connectivity index (χ3v) is 4.05. The topological polar surface area (TPSA) is 38.3 Å². The van der Waals surface area contributed by atoms with Gasteiger partial charge in [-0.2, -0.15) is 0 Å². The van der Waals surface area contributed by atoms with Crippen LogP contribution in [-0.2, 0) is 9.53 Å². The number of carbonyl (C=O) groups excluding carboxylic acids is 1. The molecule has 3 rings (SSSR count).